The predicted octanol–water partition coefficient (Wildman–Crippen LogP) is 3.59. The Morgan fingerprint density at radius 2 is 1.60 bits per heavy atom. The molecule has 20 heavy (non-hydrogen) atoms. The van der Waals surface area contributed by atoms with Gasteiger partial charge in [-0.2, -0.15) is 5.26 Å². The van der Waals surface area contributed by atoms with Crippen LogP contribution in [0, 0.1) is 28.8 Å². The van der Waals surface area contributed by atoms with Crippen molar-refractivity contribution >= 4 is 5.78 Å². The number of benzene rings is 2. The van der Waals surface area contributed by atoms with Crippen LogP contribution in [0.4, 0.5) is 13.2 Å². The highest BCUT2D eigenvalue weighted by atomic mass is 19.1. The Labute approximate surface area is 113 Å². The van der Waals surface area contributed by atoms with Crippen LogP contribution in [0.25, 0.3) is 0 Å². The summed E-state index contributed by atoms with van der Waals surface area (Å²) in [6, 6.07) is 10.4. The molecule has 0 N–H and O–H groups in total. The van der Waals surface area contributed by atoms with Crippen molar-refractivity contribution in [1.29, 1.82) is 5.26 Å². The zero-order valence-corrected chi connectivity index (χ0v) is 10.1. The van der Waals surface area contributed by atoms with Crippen molar-refractivity contribution in [3.05, 3.63) is 71.0 Å². The van der Waals surface area contributed by atoms with E-state index in [1.54, 1.807) is 24.3 Å². The van der Waals surface area contributed by atoms with E-state index in [0.717, 1.165) is 0 Å². The lowest BCUT2D eigenvalue weighted by molar-refractivity contribution is 0.0970. The number of ketones is 1. The van der Waals surface area contributed by atoms with Crippen LogP contribution in [0.3, 0.4) is 0 Å². The molecule has 2 aromatic carbocycles. The first-order chi connectivity index (χ1) is 9.54. The van der Waals surface area contributed by atoms with Crippen molar-refractivity contribution in [2.75, 3.05) is 0 Å². The summed E-state index contributed by atoms with van der Waals surface area (Å²) in [5.74, 6) is -6.13. The fourth-order valence-corrected chi connectivity index (χ4v) is 1.85. The van der Waals surface area contributed by atoms with Gasteiger partial charge >= 0.3 is 0 Å². The molecular weight excluding hydrogens is 267 g/mol. The Morgan fingerprint density at radius 3 is 2.10 bits per heavy atom. The number of nitriles is 1. The molecule has 0 heterocycles. The van der Waals surface area contributed by atoms with E-state index in [1.165, 1.54) is 12.1 Å². The first-order valence-electron chi connectivity index (χ1n) is 5.68. The molecule has 0 aliphatic heterocycles. The van der Waals surface area contributed by atoms with Crippen molar-refractivity contribution in [3.63, 3.8) is 0 Å². The van der Waals surface area contributed by atoms with Crippen LogP contribution in [-0.4, -0.2) is 5.78 Å². The third-order valence-corrected chi connectivity index (χ3v) is 2.78. The summed E-state index contributed by atoms with van der Waals surface area (Å²) in [5, 5.41) is 9.06. The molecule has 0 aliphatic carbocycles. The number of carbonyl (C=O) groups is 1. The molecule has 5 heteroatoms. The van der Waals surface area contributed by atoms with Crippen LogP contribution in [0.15, 0.2) is 42.5 Å². The van der Waals surface area contributed by atoms with Crippen molar-refractivity contribution < 1.29 is 18.0 Å². The lowest BCUT2D eigenvalue weighted by Gasteiger charge is -2.10. The second-order valence-corrected chi connectivity index (χ2v) is 4.08. The Hall–Kier alpha value is -2.61. The van der Waals surface area contributed by atoms with Gasteiger partial charge in [0.1, 0.15) is 23.4 Å². The molecule has 0 saturated heterocycles. The number of carbonyl (C=O) groups excluding carboxylic acids is 1. The molecule has 0 fully saturated rings. The summed E-state index contributed by atoms with van der Waals surface area (Å²) in [7, 11) is 0. The molecule has 0 amide bonds. The predicted molar refractivity (Wildman–Crippen MR) is 65.4 cm³/mol. The van der Waals surface area contributed by atoms with Gasteiger partial charge in [-0.3, -0.25) is 4.79 Å². The Balaban J connectivity index is 2.48. The van der Waals surface area contributed by atoms with E-state index in [2.05, 4.69) is 0 Å². The first-order valence-corrected chi connectivity index (χ1v) is 5.68. The van der Waals surface area contributed by atoms with Gasteiger partial charge in [0.2, 0.25) is 0 Å². The minimum absolute atomic E-state index is 0.322. The number of halogens is 3. The maximum atomic E-state index is 13.6. The fraction of sp³-hybridized carbons (Fsp3) is 0.0667. The van der Waals surface area contributed by atoms with Gasteiger partial charge in [-0.25, -0.2) is 13.2 Å². The Morgan fingerprint density at radius 1 is 1.05 bits per heavy atom. The van der Waals surface area contributed by atoms with Crippen LogP contribution in [0.2, 0.25) is 0 Å². The van der Waals surface area contributed by atoms with Crippen molar-refractivity contribution in [2.24, 2.45) is 0 Å². The summed E-state index contributed by atoms with van der Waals surface area (Å²) < 4.78 is 39.9. The topological polar surface area (TPSA) is 40.9 Å². The van der Waals surface area contributed by atoms with E-state index in [0.29, 0.717) is 17.7 Å². The zero-order valence-electron chi connectivity index (χ0n) is 10.1. The highest BCUT2D eigenvalue weighted by Gasteiger charge is 2.27. The van der Waals surface area contributed by atoms with Gasteiger partial charge in [0.15, 0.2) is 5.78 Å². The highest BCUT2D eigenvalue weighted by molar-refractivity contribution is 6.03. The molecule has 0 radical (unpaired) electrons. The smallest absolute Gasteiger partial charge is 0.190 e. The normalized spacial score (nSPS) is 11.7. The molecule has 2 nitrogen and oxygen atoms in total. The fourth-order valence-electron chi connectivity index (χ4n) is 1.85. The quantitative estimate of drug-likeness (QED) is 0.803. The second-order valence-electron chi connectivity index (χ2n) is 4.08. The van der Waals surface area contributed by atoms with E-state index in [4.69, 9.17) is 5.26 Å². The van der Waals surface area contributed by atoms with E-state index >= 15 is 0 Å². The van der Waals surface area contributed by atoms with Gasteiger partial charge in [-0.05, 0) is 5.56 Å². The number of rotatable bonds is 3. The summed E-state index contributed by atoms with van der Waals surface area (Å²) in [4.78, 5) is 12.1. The van der Waals surface area contributed by atoms with E-state index in [-0.39, 0.29) is 0 Å². The van der Waals surface area contributed by atoms with E-state index < -0.39 is 34.7 Å². The molecule has 0 aliphatic rings. The average Bonchev–Trinajstić information content (AvgIpc) is 2.39. The highest BCUT2D eigenvalue weighted by Crippen LogP contribution is 2.24. The Bertz CT molecular complexity index is 669. The summed E-state index contributed by atoms with van der Waals surface area (Å²) in [6.45, 7) is 0. The van der Waals surface area contributed by atoms with Crippen LogP contribution in [-0.2, 0) is 0 Å². The number of hydrogen-bond acceptors (Lipinski definition) is 2. The third kappa shape index (κ3) is 2.54. The lowest BCUT2D eigenvalue weighted by atomic mass is 9.91. The third-order valence-electron chi connectivity index (χ3n) is 2.78. The number of nitrogens with zero attached hydrogens (tertiary/aromatic N) is 1. The monoisotopic (exact) mass is 275 g/mol. The maximum Gasteiger partial charge on any atom is 0.190 e. The van der Waals surface area contributed by atoms with Gasteiger partial charge in [0, 0.05) is 12.1 Å². The van der Waals surface area contributed by atoms with Crippen molar-refractivity contribution in [2.45, 2.75) is 5.92 Å². The average molecular weight is 275 g/mol. The molecule has 1 unspecified atom stereocenters. The Kier molecular flexibility index (Phi) is 3.85. The van der Waals surface area contributed by atoms with Crippen LogP contribution < -0.4 is 0 Å². The van der Waals surface area contributed by atoms with Crippen LogP contribution in [0.5, 0.6) is 0 Å². The molecule has 100 valence electrons. The summed E-state index contributed by atoms with van der Waals surface area (Å²) in [6.07, 6.45) is 0. The minimum Gasteiger partial charge on any atom is -0.292 e. The molecule has 2 rings (SSSR count). The zero-order chi connectivity index (χ0) is 14.7. The number of Topliss-reactive ketones (excluding diaryl/α,β-unsaturated/α-hetero) is 1. The standard InChI is InChI=1S/C15H8F3NO/c16-10-6-12(17)14(13(18)7-10)15(20)11(8-19)9-4-2-1-3-5-9/h1-7,11H. The van der Waals surface area contributed by atoms with E-state index in [1.807, 2.05) is 0 Å². The minimum atomic E-state index is -1.34. The number of hydrogen-bond donors (Lipinski definition) is 0. The molecule has 1 atom stereocenters. The lowest BCUT2D eigenvalue weighted by Crippen LogP contribution is -2.15. The largest absolute Gasteiger partial charge is 0.292 e. The van der Waals surface area contributed by atoms with Crippen molar-refractivity contribution in [3.8, 4) is 6.07 Å². The van der Waals surface area contributed by atoms with Gasteiger partial charge in [-0.1, -0.05) is 30.3 Å². The van der Waals surface area contributed by atoms with Gasteiger partial charge in [-0.15, -0.1) is 0 Å². The molecule has 2 aromatic rings. The van der Waals surface area contributed by atoms with Gasteiger partial charge in [0.05, 0.1) is 11.6 Å². The van der Waals surface area contributed by atoms with Crippen LogP contribution in [0.1, 0.15) is 21.8 Å². The van der Waals surface area contributed by atoms with Crippen molar-refractivity contribution in [1.82, 2.24) is 0 Å². The summed E-state index contributed by atoms with van der Waals surface area (Å²) in [5.41, 5.74) is -0.579. The molecule has 0 spiro atoms. The second kappa shape index (κ2) is 5.57. The maximum absolute atomic E-state index is 13.6. The SMILES string of the molecule is N#CC(C(=O)c1c(F)cc(F)cc1F)c1ccccc1. The van der Waals surface area contributed by atoms with E-state index in [9.17, 15) is 18.0 Å². The molecular formula is C15H8F3NO. The molecule has 0 aromatic heterocycles. The summed E-state index contributed by atoms with van der Waals surface area (Å²) >= 11 is 0. The van der Waals surface area contributed by atoms with Crippen LogP contribution >= 0.6 is 0 Å². The first kappa shape index (κ1) is 13.8. The molecule has 0 bridgehead atoms. The van der Waals surface area contributed by atoms with Gasteiger partial charge < -0.3 is 0 Å². The van der Waals surface area contributed by atoms with Gasteiger partial charge in [0.25, 0.3) is 0 Å². The molecule has 0 saturated carbocycles.